The van der Waals surface area contributed by atoms with Crippen molar-refractivity contribution in [1.29, 1.82) is 0 Å². The van der Waals surface area contributed by atoms with E-state index in [0.717, 1.165) is 12.1 Å². The van der Waals surface area contributed by atoms with Gasteiger partial charge in [0.15, 0.2) is 5.75 Å². The van der Waals surface area contributed by atoms with E-state index in [9.17, 15) is 23.7 Å². The van der Waals surface area contributed by atoms with Gasteiger partial charge in [0.1, 0.15) is 11.4 Å². The van der Waals surface area contributed by atoms with E-state index in [-0.39, 0.29) is 51.8 Å². The van der Waals surface area contributed by atoms with E-state index in [1.165, 1.54) is 24.3 Å². The smallest absolute Gasteiger partial charge is 0.870 e. The Bertz CT molecular complexity index is 1170. The van der Waals surface area contributed by atoms with Crippen molar-refractivity contribution in [1.82, 2.24) is 0 Å². The number of fused-ring (bicyclic) bond motifs is 1. The van der Waals surface area contributed by atoms with Gasteiger partial charge in [-0.1, -0.05) is 29.5 Å². The predicted molar refractivity (Wildman–Crippen MR) is 92.2 cm³/mol. The van der Waals surface area contributed by atoms with Gasteiger partial charge in [-0.25, -0.2) is 0 Å². The molecular weight excluding hydrogens is 407 g/mol. The van der Waals surface area contributed by atoms with Crippen LogP contribution in [0.25, 0.3) is 10.8 Å². The van der Waals surface area contributed by atoms with Crippen molar-refractivity contribution in [3.63, 3.8) is 0 Å². The average Bonchev–Trinajstić information content (AvgIpc) is 2.56. The molecule has 0 bridgehead atoms. The molecule has 0 fully saturated rings. The second kappa shape index (κ2) is 8.01. The van der Waals surface area contributed by atoms with Crippen LogP contribution in [0, 0.1) is 0 Å². The number of aromatic hydroxyl groups is 2. The third-order valence-electron chi connectivity index (χ3n) is 3.53. The summed E-state index contributed by atoms with van der Waals surface area (Å²) in [5, 5.41) is 40.0. The predicted octanol–water partition coefficient (Wildman–Crippen LogP) is 0.644. The van der Waals surface area contributed by atoms with Crippen molar-refractivity contribution >= 4 is 43.9 Å². The largest absolute Gasteiger partial charge is 1.00 e. The number of halogens is 1. The quantitative estimate of drug-likeness (QED) is 0.325. The Hall–Kier alpha value is -1.88. The number of rotatable bonds is 3. The maximum Gasteiger partial charge on any atom is 1.00 e. The van der Waals surface area contributed by atoms with E-state index in [1.54, 1.807) is 6.07 Å². The van der Waals surface area contributed by atoms with Crippen LogP contribution in [0.4, 0.5) is 11.4 Å². The van der Waals surface area contributed by atoms with Gasteiger partial charge < -0.3 is 15.3 Å². The fourth-order valence-corrected chi connectivity index (χ4v) is 3.21. The van der Waals surface area contributed by atoms with E-state index in [4.69, 9.17) is 16.2 Å². The second-order valence-electron chi connectivity index (χ2n) is 5.23. The minimum absolute atomic E-state index is 0. The summed E-state index contributed by atoms with van der Waals surface area (Å²) in [4.78, 5) is -0.924. The van der Waals surface area contributed by atoms with Crippen molar-refractivity contribution in [2.24, 2.45) is 10.2 Å². The first kappa shape index (κ1) is 21.4. The zero-order chi connectivity index (χ0) is 19.1. The first-order chi connectivity index (χ1) is 12.2. The zero-order valence-corrected chi connectivity index (χ0v) is 17.4. The van der Waals surface area contributed by atoms with E-state index in [1.807, 2.05) is 0 Å². The monoisotopic (exact) mass is 416 g/mol. The number of azo groups is 1. The van der Waals surface area contributed by atoms with Crippen LogP contribution in [-0.2, 0) is 10.1 Å². The van der Waals surface area contributed by atoms with Gasteiger partial charge in [0, 0.05) is 15.8 Å². The zero-order valence-electron chi connectivity index (χ0n) is 13.8. The Kier molecular flexibility index (Phi) is 6.35. The third-order valence-corrected chi connectivity index (χ3v) is 4.61. The van der Waals surface area contributed by atoms with Crippen LogP contribution in [-0.4, -0.2) is 23.2 Å². The Morgan fingerprint density at radius 2 is 1.63 bits per heavy atom. The molecular formula is C16H10ClN2NaO6S. The van der Waals surface area contributed by atoms with Gasteiger partial charge in [0.05, 0.1) is 10.6 Å². The fraction of sp³-hybridized carbons (Fsp3) is 0. The fourth-order valence-electron chi connectivity index (χ4n) is 2.32. The van der Waals surface area contributed by atoms with Crippen LogP contribution in [0.1, 0.15) is 0 Å². The topological polar surface area (TPSA) is 143 Å². The van der Waals surface area contributed by atoms with Gasteiger partial charge in [-0.15, -0.1) is 5.11 Å². The molecule has 134 valence electrons. The van der Waals surface area contributed by atoms with E-state index < -0.39 is 26.5 Å². The number of phenolic OH excluding ortho intramolecular Hbond substituents is 2. The molecule has 3 N–H and O–H groups in total. The van der Waals surface area contributed by atoms with Crippen LogP contribution in [0.15, 0.2) is 57.6 Å². The number of hydrogen-bond donors (Lipinski definition) is 3. The summed E-state index contributed by atoms with van der Waals surface area (Å²) in [7, 11) is -4.78. The summed E-state index contributed by atoms with van der Waals surface area (Å²) in [6.45, 7) is 0. The molecule has 0 aliphatic carbocycles. The second-order valence-corrected chi connectivity index (χ2v) is 7.06. The van der Waals surface area contributed by atoms with Crippen LogP contribution >= 0.6 is 11.6 Å². The summed E-state index contributed by atoms with van der Waals surface area (Å²) in [5.41, 5.74) is -0.448. The average molecular weight is 417 g/mol. The van der Waals surface area contributed by atoms with E-state index in [2.05, 4.69) is 10.2 Å². The number of phenols is 2. The molecule has 3 rings (SSSR count). The molecule has 27 heavy (non-hydrogen) atoms. The van der Waals surface area contributed by atoms with Gasteiger partial charge in [-0.05, 0) is 30.3 Å². The van der Waals surface area contributed by atoms with Gasteiger partial charge in [-0.3, -0.25) is 4.55 Å². The van der Waals surface area contributed by atoms with Crippen LogP contribution < -0.4 is 34.7 Å². The van der Waals surface area contributed by atoms with Crippen molar-refractivity contribution in [2.75, 3.05) is 0 Å². The molecule has 0 saturated carbocycles. The minimum atomic E-state index is -4.78. The first-order valence-corrected chi connectivity index (χ1v) is 8.83. The Balaban J connectivity index is 0.00000261. The van der Waals surface area contributed by atoms with Crippen LogP contribution in [0.2, 0.25) is 5.02 Å². The van der Waals surface area contributed by atoms with Gasteiger partial charge >= 0.3 is 29.6 Å². The Morgan fingerprint density at radius 1 is 0.963 bits per heavy atom. The third kappa shape index (κ3) is 4.34. The number of benzene rings is 3. The molecule has 0 aliphatic rings. The summed E-state index contributed by atoms with van der Waals surface area (Å²) in [6.07, 6.45) is 0. The molecule has 11 heteroatoms. The molecule has 0 saturated heterocycles. The summed E-state index contributed by atoms with van der Waals surface area (Å²) < 4.78 is 31.5. The van der Waals surface area contributed by atoms with Gasteiger partial charge in [0.2, 0.25) is 0 Å². The molecule has 0 aliphatic heterocycles. The summed E-state index contributed by atoms with van der Waals surface area (Å²) in [6, 6.07) is 9.27. The SMILES string of the molecule is O=S(=O)(O)c1cc(Cl)cc(N=Nc2ccc3c(O)cccc3c2O)c1[O-].[Na+]. The van der Waals surface area contributed by atoms with Crippen molar-refractivity contribution in [3.05, 3.63) is 47.5 Å². The Labute approximate surface area is 180 Å². The molecule has 0 amide bonds. The van der Waals surface area contributed by atoms with Gasteiger partial charge in [-0.2, -0.15) is 13.5 Å². The van der Waals surface area contributed by atoms with E-state index >= 15 is 0 Å². The molecule has 0 atom stereocenters. The summed E-state index contributed by atoms with van der Waals surface area (Å²) >= 11 is 5.74. The molecule has 0 unspecified atom stereocenters. The molecule has 3 aromatic carbocycles. The minimum Gasteiger partial charge on any atom is -0.870 e. The van der Waals surface area contributed by atoms with Crippen molar-refractivity contribution < 1.29 is 57.8 Å². The van der Waals surface area contributed by atoms with Gasteiger partial charge in [0.25, 0.3) is 10.1 Å². The molecule has 0 spiro atoms. The standard InChI is InChI=1S/C16H11ClN2O6S.Na/c17-8-6-12(16(22)14(7-8)26(23,24)25)19-18-11-5-4-9-10(15(11)21)2-1-3-13(9)20;/h1-7,20-22H,(H,23,24,25);/q;+1/p-1. The maximum absolute atomic E-state index is 12.1. The summed E-state index contributed by atoms with van der Waals surface area (Å²) in [5.74, 6) is -1.40. The van der Waals surface area contributed by atoms with Crippen LogP contribution in [0.3, 0.4) is 0 Å². The van der Waals surface area contributed by atoms with Crippen molar-refractivity contribution in [3.8, 4) is 17.2 Å². The molecule has 0 aromatic heterocycles. The molecule has 0 heterocycles. The molecule has 0 radical (unpaired) electrons. The number of nitrogens with zero attached hydrogens (tertiary/aromatic N) is 2. The van der Waals surface area contributed by atoms with Crippen molar-refractivity contribution in [2.45, 2.75) is 4.90 Å². The molecule has 3 aromatic rings. The first-order valence-electron chi connectivity index (χ1n) is 7.02. The van der Waals surface area contributed by atoms with E-state index in [0.29, 0.717) is 10.8 Å². The normalized spacial score (nSPS) is 11.6. The Morgan fingerprint density at radius 3 is 2.30 bits per heavy atom. The maximum atomic E-state index is 12.1. The number of hydrogen-bond acceptors (Lipinski definition) is 7. The molecule has 8 nitrogen and oxygen atoms in total. The van der Waals surface area contributed by atoms with Crippen LogP contribution in [0.5, 0.6) is 17.2 Å².